The third kappa shape index (κ3) is 2.37. The molecule has 1 heterocycles. The van der Waals surface area contributed by atoms with E-state index in [0.29, 0.717) is 5.75 Å². The zero-order chi connectivity index (χ0) is 14.0. The van der Waals surface area contributed by atoms with Crippen LogP contribution in [-0.4, -0.2) is 32.7 Å². The standard InChI is InChI=1S/C11H9N3O5/c1-19-7-2-3-8(11(15)16)9(4-7)13-5-10(12-6-13)14(17)18/h2-6H,1H3,(H,15,16). The molecule has 2 rings (SSSR count). The van der Waals surface area contributed by atoms with Crippen molar-refractivity contribution >= 4 is 11.8 Å². The number of carboxylic acid groups (broad SMARTS) is 1. The van der Waals surface area contributed by atoms with Crippen LogP contribution < -0.4 is 4.74 Å². The van der Waals surface area contributed by atoms with Crippen molar-refractivity contribution in [3.8, 4) is 11.4 Å². The number of aromatic carboxylic acids is 1. The van der Waals surface area contributed by atoms with E-state index in [0.717, 1.165) is 6.20 Å². The van der Waals surface area contributed by atoms with Crippen molar-refractivity contribution in [2.24, 2.45) is 0 Å². The van der Waals surface area contributed by atoms with Crippen LogP contribution in [0.3, 0.4) is 0 Å². The summed E-state index contributed by atoms with van der Waals surface area (Å²) in [6.45, 7) is 0. The van der Waals surface area contributed by atoms with Crippen molar-refractivity contribution in [2.45, 2.75) is 0 Å². The quantitative estimate of drug-likeness (QED) is 0.661. The van der Waals surface area contributed by atoms with E-state index in [1.54, 1.807) is 0 Å². The van der Waals surface area contributed by atoms with Gasteiger partial charge in [-0.15, -0.1) is 0 Å². The highest BCUT2D eigenvalue weighted by Crippen LogP contribution is 2.23. The molecule has 0 atom stereocenters. The molecule has 2 aromatic rings. The number of carboxylic acids is 1. The van der Waals surface area contributed by atoms with Crippen molar-refractivity contribution in [1.29, 1.82) is 0 Å². The largest absolute Gasteiger partial charge is 0.497 e. The monoisotopic (exact) mass is 263 g/mol. The molecule has 0 fully saturated rings. The summed E-state index contributed by atoms with van der Waals surface area (Å²) in [5, 5.41) is 19.7. The summed E-state index contributed by atoms with van der Waals surface area (Å²) in [5.74, 6) is -1.07. The van der Waals surface area contributed by atoms with Gasteiger partial charge in [0.1, 0.15) is 11.9 Å². The van der Waals surface area contributed by atoms with Gasteiger partial charge in [0.25, 0.3) is 0 Å². The summed E-state index contributed by atoms with van der Waals surface area (Å²) >= 11 is 0. The fourth-order valence-corrected chi connectivity index (χ4v) is 1.57. The predicted octanol–water partition coefficient (Wildman–Crippen LogP) is 1.49. The SMILES string of the molecule is COc1ccc(C(=O)O)c(-n2cnc([N+](=O)[O-])c2)c1. The third-order valence-corrected chi connectivity index (χ3v) is 2.47. The van der Waals surface area contributed by atoms with Crippen molar-refractivity contribution in [2.75, 3.05) is 7.11 Å². The Morgan fingerprint density at radius 1 is 1.53 bits per heavy atom. The Hall–Kier alpha value is -2.90. The molecule has 0 saturated carbocycles. The summed E-state index contributed by atoms with van der Waals surface area (Å²) < 4.78 is 6.27. The average Bonchev–Trinajstić information content (AvgIpc) is 2.87. The maximum absolute atomic E-state index is 11.1. The molecule has 0 aliphatic carbocycles. The van der Waals surface area contributed by atoms with Crippen LogP contribution in [0.15, 0.2) is 30.7 Å². The highest BCUT2D eigenvalue weighted by atomic mass is 16.6. The Bertz CT molecular complexity index is 650. The third-order valence-electron chi connectivity index (χ3n) is 2.47. The molecule has 0 amide bonds. The van der Waals surface area contributed by atoms with Gasteiger partial charge in [-0.2, -0.15) is 0 Å². The smallest absolute Gasteiger partial charge is 0.381 e. The molecule has 98 valence electrons. The lowest BCUT2D eigenvalue weighted by Crippen LogP contribution is -2.04. The maximum atomic E-state index is 11.1. The van der Waals surface area contributed by atoms with Gasteiger partial charge in [0.15, 0.2) is 0 Å². The first-order valence-electron chi connectivity index (χ1n) is 5.13. The summed E-state index contributed by atoms with van der Waals surface area (Å²) in [4.78, 5) is 24.6. The van der Waals surface area contributed by atoms with E-state index in [9.17, 15) is 14.9 Å². The first-order chi connectivity index (χ1) is 9.02. The highest BCUT2D eigenvalue weighted by Gasteiger charge is 2.17. The summed E-state index contributed by atoms with van der Waals surface area (Å²) in [7, 11) is 1.44. The van der Waals surface area contributed by atoms with Crippen LogP contribution in [-0.2, 0) is 0 Å². The number of carbonyl (C=O) groups is 1. The van der Waals surface area contributed by atoms with E-state index >= 15 is 0 Å². The molecule has 0 saturated heterocycles. The Labute approximate surface area is 107 Å². The zero-order valence-electron chi connectivity index (χ0n) is 9.81. The lowest BCUT2D eigenvalue weighted by atomic mass is 10.1. The molecule has 0 aliphatic heterocycles. The highest BCUT2D eigenvalue weighted by molar-refractivity contribution is 5.92. The molecule has 0 unspecified atom stereocenters. The van der Waals surface area contributed by atoms with E-state index < -0.39 is 10.9 Å². The molecule has 0 bridgehead atoms. The number of methoxy groups -OCH3 is 1. The minimum atomic E-state index is -1.14. The number of nitro groups is 1. The molecular formula is C11H9N3O5. The minimum Gasteiger partial charge on any atom is -0.497 e. The lowest BCUT2D eigenvalue weighted by Gasteiger charge is -2.07. The van der Waals surface area contributed by atoms with E-state index in [-0.39, 0.29) is 17.1 Å². The Morgan fingerprint density at radius 3 is 2.79 bits per heavy atom. The molecule has 19 heavy (non-hydrogen) atoms. The second kappa shape index (κ2) is 4.77. The van der Waals surface area contributed by atoms with Crippen molar-refractivity contribution in [3.63, 3.8) is 0 Å². The number of hydrogen-bond acceptors (Lipinski definition) is 5. The van der Waals surface area contributed by atoms with Gasteiger partial charge in [0.05, 0.1) is 18.4 Å². The van der Waals surface area contributed by atoms with Crippen molar-refractivity contribution in [1.82, 2.24) is 9.55 Å². The van der Waals surface area contributed by atoms with Gasteiger partial charge < -0.3 is 20.0 Å². The molecule has 1 N–H and O–H groups in total. The van der Waals surface area contributed by atoms with Crippen LogP contribution in [0.5, 0.6) is 5.75 Å². The molecule has 8 heteroatoms. The van der Waals surface area contributed by atoms with Gasteiger partial charge >= 0.3 is 11.8 Å². The van der Waals surface area contributed by atoms with E-state index in [4.69, 9.17) is 9.84 Å². The maximum Gasteiger partial charge on any atom is 0.381 e. The van der Waals surface area contributed by atoms with Gasteiger partial charge in [0, 0.05) is 6.07 Å². The van der Waals surface area contributed by atoms with Gasteiger partial charge in [-0.25, -0.2) is 4.79 Å². The number of hydrogen-bond donors (Lipinski definition) is 1. The molecule has 0 radical (unpaired) electrons. The summed E-state index contributed by atoms with van der Waals surface area (Å²) in [6, 6.07) is 4.33. The fraction of sp³-hybridized carbons (Fsp3) is 0.0909. The lowest BCUT2D eigenvalue weighted by molar-refractivity contribution is -0.389. The molecule has 1 aromatic heterocycles. The molecule has 0 spiro atoms. The Balaban J connectivity index is 2.57. The van der Waals surface area contributed by atoms with Crippen molar-refractivity contribution in [3.05, 3.63) is 46.4 Å². The number of imidazole rings is 1. The number of ether oxygens (including phenoxy) is 1. The van der Waals surface area contributed by atoms with Crippen LogP contribution in [0, 0.1) is 10.1 Å². The van der Waals surface area contributed by atoms with Gasteiger partial charge in [-0.3, -0.25) is 4.57 Å². The molecule has 0 aliphatic rings. The van der Waals surface area contributed by atoms with Gasteiger partial charge in [0.2, 0.25) is 6.33 Å². The number of benzene rings is 1. The van der Waals surface area contributed by atoms with Gasteiger partial charge in [-0.05, 0) is 22.0 Å². The van der Waals surface area contributed by atoms with E-state index in [1.807, 2.05) is 0 Å². The minimum absolute atomic E-state index is 0.00639. The first kappa shape index (κ1) is 12.6. The number of rotatable bonds is 4. The summed E-state index contributed by atoms with van der Waals surface area (Å²) in [5.41, 5.74) is 0.237. The Kier molecular flexibility index (Phi) is 3.15. The zero-order valence-corrected chi connectivity index (χ0v) is 9.81. The number of aromatic nitrogens is 2. The normalized spacial score (nSPS) is 10.2. The summed E-state index contributed by atoms with van der Waals surface area (Å²) in [6.07, 6.45) is 2.32. The van der Waals surface area contributed by atoms with Gasteiger partial charge in [-0.1, -0.05) is 0 Å². The topological polar surface area (TPSA) is 107 Å². The van der Waals surface area contributed by atoms with Crippen LogP contribution >= 0.6 is 0 Å². The van der Waals surface area contributed by atoms with E-state index in [1.165, 1.54) is 36.2 Å². The predicted molar refractivity (Wildman–Crippen MR) is 63.7 cm³/mol. The van der Waals surface area contributed by atoms with Crippen LogP contribution in [0.25, 0.3) is 5.69 Å². The molecular weight excluding hydrogens is 254 g/mol. The van der Waals surface area contributed by atoms with Crippen LogP contribution in [0.4, 0.5) is 5.82 Å². The molecule has 1 aromatic carbocycles. The van der Waals surface area contributed by atoms with Crippen LogP contribution in [0.2, 0.25) is 0 Å². The second-order valence-electron chi connectivity index (χ2n) is 3.58. The van der Waals surface area contributed by atoms with E-state index in [2.05, 4.69) is 4.98 Å². The molecule has 8 nitrogen and oxygen atoms in total. The second-order valence-corrected chi connectivity index (χ2v) is 3.58. The first-order valence-corrected chi connectivity index (χ1v) is 5.13. The van der Waals surface area contributed by atoms with Crippen LogP contribution in [0.1, 0.15) is 10.4 Å². The van der Waals surface area contributed by atoms with Crippen molar-refractivity contribution < 1.29 is 19.6 Å². The average molecular weight is 263 g/mol. The number of nitrogens with zero attached hydrogens (tertiary/aromatic N) is 3. The fourth-order valence-electron chi connectivity index (χ4n) is 1.57. The Morgan fingerprint density at radius 2 is 2.26 bits per heavy atom.